The van der Waals surface area contributed by atoms with Gasteiger partial charge in [0.25, 0.3) is 0 Å². The SMILES string of the molecule is [C-]#[N+]C[C@H]1CN(c2nc(OCC3(CN4CCCC4)CC3)nc3c2CCN(c2cncc(Cl)c2C(F)(F)F)C3)CCN1C(=O)C=C. The molecule has 5 heterocycles. The lowest BCUT2D eigenvalue weighted by Gasteiger charge is -2.41. The average Bonchev–Trinajstić information content (AvgIpc) is 3.59. The second-order valence-electron chi connectivity index (χ2n) is 12.4. The van der Waals surface area contributed by atoms with Gasteiger partial charge in [-0.15, -0.1) is 0 Å². The molecule has 2 saturated heterocycles. The van der Waals surface area contributed by atoms with E-state index in [1.165, 1.54) is 25.1 Å². The monoisotopic (exact) mass is 644 g/mol. The van der Waals surface area contributed by atoms with Gasteiger partial charge in [0.15, 0.2) is 0 Å². The third-order valence-electron chi connectivity index (χ3n) is 9.29. The maximum Gasteiger partial charge on any atom is 0.419 e. The van der Waals surface area contributed by atoms with Crippen molar-refractivity contribution in [3.8, 4) is 6.01 Å². The largest absolute Gasteiger partial charge is 0.463 e. The number of nitrogens with zero attached hydrogens (tertiary/aromatic N) is 8. The van der Waals surface area contributed by atoms with Crippen LogP contribution < -0.4 is 14.5 Å². The van der Waals surface area contributed by atoms with Crippen molar-refractivity contribution in [2.45, 2.75) is 50.9 Å². The van der Waals surface area contributed by atoms with Crippen LogP contribution >= 0.6 is 11.6 Å². The number of amides is 1. The number of piperazine rings is 1. The van der Waals surface area contributed by atoms with Crippen molar-refractivity contribution in [1.29, 1.82) is 0 Å². The van der Waals surface area contributed by atoms with Crippen LogP contribution in [0.1, 0.15) is 42.5 Å². The molecule has 14 heteroatoms. The van der Waals surface area contributed by atoms with Crippen LogP contribution in [0.3, 0.4) is 0 Å². The number of halogens is 4. The predicted octanol–water partition coefficient (Wildman–Crippen LogP) is 4.48. The molecule has 4 aliphatic rings. The van der Waals surface area contributed by atoms with Crippen molar-refractivity contribution in [2.75, 3.05) is 68.8 Å². The Balaban J connectivity index is 1.31. The number of aromatic nitrogens is 3. The van der Waals surface area contributed by atoms with Crippen LogP contribution in [0.5, 0.6) is 6.01 Å². The summed E-state index contributed by atoms with van der Waals surface area (Å²) in [6, 6.07) is -0.177. The Bertz CT molecular complexity index is 1490. The van der Waals surface area contributed by atoms with Crippen molar-refractivity contribution >= 4 is 29.0 Å². The Morgan fingerprint density at radius 1 is 1.16 bits per heavy atom. The summed E-state index contributed by atoms with van der Waals surface area (Å²) in [5, 5.41) is -0.455. The first-order chi connectivity index (χ1) is 21.6. The van der Waals surface area contributed by atoms with Gasteiger partial charge in [-0.3, -0.25) is 9.78 Å². The maximum absolute atomic E-state index is 14.1. The fourth-order valence-electron chi connectivity index (χ4n) is 6.74. The van der Waals surface area contributed by atoms with Crippen LogP contribution in [0.15, 0.2) is 25.0 Å². The zero-order valence-corrected chi connectivity index (χ0v) is 25.8. The fraction of sp³-hybridized carbons (Fsp3) is 0.581. The van der Waals surface area contributed by atoms with E-state index < -0.39 is 16.8 Å². The molecule has 3 aliphatic heterocycles. The summed E-state index contributed by atoms with van der Waals surface area (Å²) in [5.74, 6) is 0.413. The lowest BCUT2D eigenvalue weighted by molar-refractivity contribution is -0.137. The summed E-state index contributed by atoms with van der Waals surface area (Å²) in [4.78, 5) is 37.4. The lowest BCUT2D eigenvalue weighted by Crippen LogP contribution is -2.56. The molecule has 0 bridgehead atoms. The number of anilines is 2. The number of alkyl halides is 3. The summed E-state index contributed by atoms with van der Waals surface area (Å²) in [6.45, 7) is 16.4. The zero-order chi connectivity index (χ0) is 31.8. The van der Waals surface area contributed by atoms with Crippen LogP contribution in [-0.4, -0.2) is 95.7 Å². The third kappa shape index (κ3) is 6.67. The number of hydrogen-bond donors (Lipinski definition) is 0. The van der Waals surface area contributed by atoms with Gasteiger partial charge in [0.2, 0.25) is 12.5 Å². The van der Waals surface area contributed by atoms with Crippen molar-refractivity contribution in [1.82, 2.24) is 24.8 Å². The van der Waals surface area contributed by atoms with Crippen molar-refractivity contribution in [3.05, 3.63) is 58.3 Å². The van der Waals surface area contributed by atoms with E-state index in [4.69, 9.17) is 32.9 Å². The summed E-state index contributed by atoms with van der Waals surface area (Å²) in [6.07, 6.45) is 3.73. The van der Waals surface area contributed by atoms with Gasteiger partial charge >= 0.3 is 12.2 Å². The fourth-order valence-corrected chi connectivity index (χ4v) is 7.00. The van der Waals surface area contributed by atoms with E-state index in [1.54, 1.807) is 9.80 Å². The van der Waals surface area contributed by atoms with E-state index in [0.29, 0.717) is 44.2 Å². The van der Waals surface area contributed by atoms with Gasteiger partial charge in [0, 0.05) is 49.9 Å². The first-order valence-corrected chi connectivity index (χ1v) is 15.7. The van der Waals surface area contributed by atoms with Gasteiger partial charge in [0.1, 0.15) is 17.4 Å². The van der Waals surface area contributed by atoms with Crippen LogP contribution in [0, 0.1) is 12.0 Å². The highest BCUT2D eigenvalue weighted by molar-refractivity contribution is 6.31. The number of carbonyl (C=O) groups excluding carboxylic acids is 1. The first kappa shape index (κ1) is 31.4. The van der Waals surface area contributed by atoms with Crippen LogP contribution in [0.2, 0.25) is 5.02 Å². The second-order valence-corrected chi connectivity index (χ2v) is 12.8. The Morgan fingerprint density at radius 2 is 1.93 bits per heavy atom. The molecule has 1 saturated carbocycles. The topological polar surface area (TPSA) is 82.3 Å². The van der Waals surface area contributed by atoms with Gasteiger partial charge in [0.05, 0.1) is 35.8 Å². The Hall–Kier alpha value is -3.63. The lowest BCUT2D eigenvalue weighted by atomic mass is 10.0. The molecule has 3 fully saturated rings. The highest BCUT2D eigenvalue weighted by Gasteiger charge is 2.46. The molecule has 2 aromatic heterocycles. The summed E-state index contributed by atoms with van der Waals surface area (Å²) in [7, 11) is 0. The summed E-state index contributed by atoms with van der Waals surface area (Å²) in [5.41, 5.74) is 0.437. The number of carbonyl (C=O) groups is 1. The van der Waals surface area contributed by atoms with Crippen LogP contribution in [-0.2, 0) is 23.9 Å². The Labute approximate surface area is 265 Å². The number of likely N-dealkylation sites (tertiary alicyclic amines) is 1. The third-order valence-corrected chi connectivity index (χ3v) is 9.58. The molecule has 6 rings (SSSR count). The minimum Gasteiger partial charge on any atom is -0.463 e. The molecule has 1 aliphatic carbocycles. The van der Waals surface area contributed by atoms with Gasteiger partial charge in [-0.1, -0.05) is 18.2 Å². The number of hydrogen-bond acceptors (Lipinski definition) is 8. The highest BCUT2D eigenvalue weighted by atomic mass is 35.5. The van der Waals surface area contributed by atoms with Crippen LogP contribution in [0.4, 0.5) is 24.7 Å². The van der Waals surface area contributed by atoms with E-state index >= 15 is 0 Å². The van der Waals surface area contributed by atoms with E-state index in [0.717, 1.165) is 44.2 Å². The van der Waals surface area contributed by atoms with Gasteiger partial charge in [-0.05, 0) is 51.3 Å². The quantitative estimate of drug-likeness (QED) is 0.292. The smallest absolute Gasteiger partial charge is 0.419 e. The molecular weight excluding hydrogens is 609 g/mol. The second kappa shape index (κ2) is 12.6. The van der Waals surface area contributed by atoms with E-state index in [-0.39, 0.29) is 48.7 Å². The average molecular weight is 645 g/mol. The maximum atomic E-state index is 14.1. The standard InChI is InChI=1S/C31H36ClF3N8O2/c1-3-26(44)43-13-12-42(17-21(43)14-36-2)28-22-6-11-41(25-16-37-15-23(32)27(25)31(33,34)35)18-24(22)38-29(39-28)45-20-30(7-8-30)19-40-9-4-5-10-40/h3,15-16,21H,1,4-14,17-20H2/t21-/m0/s1. The van der Waals surface area contributed by atoms with Crippen molar-refractivity contribution in [2.24, 2.45) is 5.41 Å². The number of fused-ring (bicyclic) bond motifs is 1. The predicted molar refractivity (Wildman–Crippen MR) is 163 cm³/mol. The molecule has 0 spiro atoms. The molecule has 0 N–H and O–H groups in total. The molecule has 0 aromatic carbocycles. The molecule has 1 atom stereocenters. The molecule has 0 radical (unpaired) electrons. The van der Waals surface area contributed by atoms with Gasteiger partial charge in [-0.2, -0.15) is 23.1 Å². The molecule has 240 valence electrons. The van der Waals surface area contributed by atoms with E-state index in [2.05, 4.69) is 21.3 Å². The minimum atomic E-state index is -4.66. The highest BCUT2D eigenvalue weighted by Crippen LogP contribution is 2.47. The van der Waals surface area contributed by atoms with E-state index in [9.17, 15) is 18.0 Å². The Kier molecular flexibility index (Phi) is 8.81. The summed E-state index contributed by atoms with van der Waals surface area (Å²) < 4.78 is 48.5. The van der Waals surface area contributed by atoms with Gasteiger partial charge < -0.3 is 29.2 Å². The van der Waals surface area contributed by atoms with Crippen LogP contribution in [0.25, 0.3) is 4.85 Å². The van der Waals surface area contributed by atoms with Crippen molar-refractivity contribution < 1.29 is 22.7 Å². The number of rotatable bonds is 9. The van der Waals surface area contributed by atoms with Gasteiger partial charge in [-0.25, -0.2) is 6.57 Å². The molecule has 2 aromatic rings. The zero-order valence-electron chi connectivity index (χ0n) is 25.0. The Morgan fingerprint density at radius 3 is 2.62 bits per heavy atom. The number of pyridine rings is 1. The normalized spacial score (nSPS) is 21.3. The number of ether oxygens (including phenoxy) is 1. The van der Waals surface area contributed by atoms with Crippen molar-refractivity contribution in [3.63, 3.8) is 0 Å². The minimum absolute atomic E-state index is 0.0568. The molecule has 10 nitrogen and oxygen atoms in total. The molecular formula is C31H36ClF3N8O2. The molecule has 1 amide bonds. The molecule has 45 heavy (non-hydrogen) atoms. The molecule has 0 unspecified atom stereocenters. The van der Waals surface area contributed by atoms with E-state index in [1.807, 2.05) is 4.90 Å². The first-order valence-electron chi connectivity index (χ1n) is 15.3. The summed E-state index contributed by atoms with van der Waals surface area (Å²) >= 11 is 6.00.